The molecule has 1 aromatic rings. The summed E-state index contributed by atoms with van der Waals surface area (Å²) in [6.07, 6.45) is 1.65. The molecule has 1 atom stereocenters. The molecule has 4 heteroatoms. The summed E-state index contributed by atoms with van der Waals surface area (Å²) in [5.74, 6) is -0.367. The van der Waals surface area contributed by atoms with E-state index in [0.717, 1.165) is 22.3 Å². The highest BCUT2D eigenvalue weighted by Crippen LogP contribution is 2.37. The second-order valence-electron chi connectivity index (χ2n) is 4.71. The number of aryl methyl sites for hydroxylation is 2. The normalized spacial score (nSPS) is 21.9. The van der Waals surface area contributed by atoms with Gasteiger partial charge in [-0.25, -0.2) is 0 Å². The largest absolute Gasteiger partial charge is 0.431 e. The predicted octanol–water partition coefficient (Wildman–Crippen LogP) is 3.39. The van der Waals surface area contributed by atoms with Gasteiger partial charge in [-0.1, -0.05) is 29.3 Å². The van der Waals surface area contributed by atoms with Crippen molar-refractivity contribution in [3.8, 4) is 0 Å². The third-order valence-corrected chi connectivity index (χ3v) is 2.81. The van der Waals surface area contributed by atoms with Crippen LogP contribution < -0.4 is 0 Å². The van der Waals surface area contributed by atoms with Gasteiger partial charge in [0.15, 0.2) is 0 Å². The molecule has 0 spiro atoms. The zero-order valence-electron chi connectivity index (χ0n) is 11.0. The van der Waals surface area contributed by atoms with Crippen LogP contribution >= 0.6 is 0 Å². The van der Waals surface area contributed by atoms with E-state index in [-0.39, 0.29) is 5.97 Å². The van der Waals surface area contributed by atoms with Gasteiger partial charge in [0.25, 0.3) is 0 Å². The number of esters is 1. The molecule has 0 aromatic heterocycles. The number of carbonyl (C=O) groups is 1. The molecule has 2 rings (SSSR count). The number of benzene rings is 1. The first-order valence-corrected chi connectivity index (χ1v) is 5.81. The number of hydrogen-bond donors (Lipinski definition) is 0. The Morgan fingerprint density at radius 3 is 2.39 bits per heavy atom. The third kappa shape index (κ3) is 2.32. The number of nitrogens with zero attached hydrogens (tertiary/aromatic N) is 2. The molecule has 1 unspecified atom stereocenters. The zero-order valence-corrected chi connectivity index (χ0v) is 11.0. The minimum atomic E-state index is -1.01. The van der Waals surface area contributed by atoms with Gasteiger partial charge in [-0.15, -0.1) is 5.11 Å². The average molecular weight is 244 g/mol. The first kappa shape index (κ1) is 12.5. The zero-order chi connectivity index (χ0) is 13.3. The smallest absolute Gasteiger partial charge is 0.305 e. The fraction of sp³-hybridized carbons (Fsp3) is 0.357. The fourth-order valence-corrected chi connectivity index (χ4v) is 2.20. The molecular formula is C14H16N2O2. The van der Waals surface area contributed by atoms with Crippen molar-refractivity contribution in [3.63, 3.8) is 0 Å². The Bertz CT molecular complexity index is 541. The van der Waals surface area contributed by atoms with Crippen LogP contribution in [-0.2, 0) is 9.53 Å². The number of carbonyl (C=O) groups excluding carboxylic acids is 1. The Balaban J connectivity index is 2.41. The number of azo groups is 1. The van der Waals surface area contributed by atoms with E-state index in [1.54, 1.807) is 13.1 Å². The quantitative estimate of drug-likeness (QED) is 0.749. The topological polar surface area (TPSA) is 51.0 Å². The van der Waals surface area contributed by atoms with Crippen LogP contribution in [0.25, 0.3) is 5.57 Å². The van der Waals surface area contributed by atoms with Crippen molar-refractivity contribution in [1.82, 2.24) is 0 Å². The SMILES string of the molecule is CC(=O)OC1(C)N=NC=C1c1cc(C)cc(C)c1. The molecule has 1 aliphatic rings. The summed E-state index contributed by atoms with van der Waals surface area (Å²) in [7, 11) is 0. The van der Waals surface area contributed by atoms with Crippen LogP contribution in [0, 0.1) is 13.8 Å². The molecule has 4 nitrogen and oxygen atoms in total. The minimum Gasteiger partial charge on any atom is -0.431 e. The van der Waals surface area contributed by atoms with Gasteiger partial charge in [0.1, 0.15) is 0 Å². The van der Waals surface area contributed by atoms with Gasteiger partial charge in [0.05, 0.1) is 6.20 Å². The van der Waals surface area contributed by atoms with Gasteiger partial charge >= 0.3 is 5.97 Å². The van der Waals surface area contributed by atoms with Gasteiger partial charge in [-0.3, -0.25) is 4.79 Å². The van der Waals surface area contributed by atoms with E-state index in [4.69, 9.17) is 4.74 Å². The summed E-state index contributed by atoms with van der Waals surface area (Å²) in [5.41, 5.74) is 3.10. The van der Waals surface area contributed by atoms with E-state index < -0.39 is 5.72 Å². The van der Waals surface area contributed by atoms with Crippen molar-refractivity contribution in [2.45, 2.75) is 33.4 Å². The molecule has 0 amide bonds. The Morgan fingerprint density at radius 1 is 1.22 bits per heavy atom. The maximum atomic E-state index is 11.2. The van der Waals surface area contributed by atoms with Crippen LogP contribution in [0.5, 0.6) is 0 Å². The molecule has 1 aromatic carbocycles. The lowest BCUT2D eigenvalue weighted by molar-refractivity contribution is -0.149. The second-order valence-corrected chi connectivity index (χ2v) is 4.71. The summed E-state index contributed by atoms with van der Waals surface area (Å²) in [5, 5.41) is 7.91. The van der Waals surface area contributed by atoms with Gasteiger partial charge in [-0.2, -0.15) is 5.11 Å². The van der Waals surface area contributed by atoms with Crippen molar-refractivity contribution in [1.29, 1.82) is 0 Å². The van der Waals surface area contributed by atoms with Crippen LogP contribution in [0.1, 0.15) is 30.5 Å². The molecule has 0 aliphatic carbocycles. The lowest BCUT2D eigenvalue weighted by Crippen LogP contribution is -2.28. The van der Waals surface area contributed by atoms with Gasteiger partial charge < -0.3 is 4.74 Å². The molecular weight excluding hydrogens is 228 g/mol. The number of hydrogen-bond acceptors (Lipinski definition) is 4. The minimum absolute atomic E-state index is 0.367. The van der Waals surface area contributed by atoms with E-state index in [1.807, 2.05) is 26.0 Å². The first-order valence-electron chi connectivity index (χ1n) is 5.81. The van der Waals surface area contributed by atoms with Crippen molar-refractivity contribution in [2.24, 2.45) is 10.2 Å². The molecule has 0 radical (unpaired) electrons. The van der Waals surface area contributed by atoms with Crippen LogP contribution in [0.4, 0.5) is 0 Å². The molecule has 18 heavy (non-hydrogen) atoms. The number of ether oxygens (including phenoxy) is 1. The lowest BCUT2D eigenvalue weighted by Gasteiger charge is -2.23. The van der Waals surface area contributed by atoms with Crippen LogP contribution in [-0.4, -0.2) is 11.7 Å². The van der Waals surface area contributed by atoms with Crippen molar-refractivity contribution >= 4 is 11.5 Å². The van der Waals surface area contributed by atoms with Crippen molar-refractivity contribution < 1.29 is 9.53 Å². The molecule has 0 saturated heterocycles. The Morgan fingerprint density at radius 2 is 1.83 bits per heavy atom. The highest BCUT2D eigenvalue weighted by atomic mass is 16.6. The Labute approximate surface area is 106 Å². The molecule has 1 aliphatic heterocycles. The molecule has 0 saturated carbocycles. The first-order chi connectivity index (χ1) is 8.40. The van der Waals surface area contributed by atoms with Crippen molar-refractivity contribution in [3.05, 3.63) is 41.1 Å². The summed E-state index contributed by atoms with van der Waals surface area (Å²) in [4.78, 5) is 11.2. The highest BCUT2D eigenvalue weighted by Gasteiger charge is 2.36. The van der Waals surface area contributed by atoms with Gasteiger partial charge in [-0.05, 0) is 19.4 Å². The molecule has 94 valence electrons. The van der Waals surface area contributed by atoms with Crippen molar-refractivity contribution in [2.75, 3.05) is 0 Å². The van der Waals surface area contributed by atoms with E-state index in [1.165, 1.54) is 6.92 Å². The van der Waals surface area contributed by atoms with Crippen LogP contribution in [0.2, 0.25) is 0 Å². The molecule has 0 fully saturated rings. The van der Waals surface area contributed by atoms with Gasteiger partial charge in [0, 0.05) is 19.4 Å². The fourth-order valence-electron chi connectivity index (χ4n) is 2.20. The Kier molecular flexibility index (Phi) is 3.03. The molecule has 0 bridgehead atoms. The van der Waals surface area contributed by atoms with E-state index in [9.17, 15) is 4.79 Å². The van der Waals surface area contributed by atoms with E-state index in [2.05, 4.69) is 16.3 Å². The summed E-state index contributed by atoms with van der Waals surface area (Å²) >= 11 is 0. The average Bonchev–Trinajstić information content (AvgIpc) is 2.56. The summed E-state index contributed by atoms with van der Waals surface area (Å²) < 4.78 is 5.28. The Hall–Kier alpha value is -1.97. The maximum absolute atomic E-state index is 11.2. The second kappa shape index (κ2) is 4.37. The lowest BCUT2D eigenvalue weighted by atomic mass is 9.95. The van der Waals surface area contributed by atoms with Crippen LogP contribution in [0.3, 0.4) is 0 Å². The summed E-state index contributed by atoms with van der Waals surface area (Å²) in [6, 6.07) is 6.17. The highest BCUT2D eigenvalue weighted by molar-refractivity contribution is 5.77. The summed E-state index contributed by atoms with van der Waals surface area (Å²) in [6.45, 7) is 7.18. The number of rotatable bonds is 2. The third-order valence-electron chi connectivity index (χ3n) is 2.81. The van der Waals surface area contributed by atoms with E-state index >= 15 is 0 Å². The molecule has 0 N–H and O–H groups in total. The van der Waals surface area contributed by atoms with E-state index in [0.29, 0.717) is 0 Å². The maximum Gasteiger partial charge on any atom is 0.305 e. The monoisotopic (exact) mass is 244 g/mol. The van der Waals surface area contributed by atoms with Gasteiger partial charge in [0.2, 0.25) is 5.72 Å². The standard InChI is InChI=1S/C14H16N2O2/c1-9-5-10(2)7-12(6-9)13-8-15-16-14(13,4)18-11(3)17/h5-8H,1-4H3. The molecule has 1 heterocycles. The van der Waals surface area contributed by atoms with Crippen LogP contribution in [0.15, 0.2) is 34.6 Å². The predicted molar refractivity (Wildman–Crippen MR) is 68.9 cm³/mol.